The number of halogens is 1. The topological polar surface area (TPSA) is 86.9 Å². The summed E-state index contributed by atoms with van der Waals surface area (Å²) in [5.41, 5.74) is 1.53. The molecule has 1 spiro atoms. The number of aliphatic hydroxyl groups excluding tert-OH is 1. The van der Waals surface area contributed by atoms with Gasteiger partial charge in [-0.2, -0.15) is 0 Å². The number of aliphatic hydroxyl groups is 1. The molecule has 0 bridgehead atoms. The van der Waals surface area contributed by atoms with E-state index in [0.717, 1.165) is 11.1 Å². The van der Waals surface area contributed by atoms with Crippen LogP contribution in [0.5, 0.6) is 0 Å². The minimum Gasteiger partial charge on any atom is -0.391 e. The zero-order chi connectivity index (χ0) is 24.6. The molecule has 2 saturated heterocycles. The fourth-order valence-electron chi connectivity index (χ4n) is 5.56. The zero-order valence-electron chi connectivity index (χ0n) is 19.6. The fourth-order valence-corrected chi connectivity index (χ4v) is 5.77. The second-order valence-corrected chi connectivity index (χ2v) is 10.1. The van der Waals surface area contributed by atoms with Gasteiger partial charge in [-0.25, -0.2) is 0 Å². The predicted octanol–water partition coefficient (Wildman–Crippen LogP) is 4.39. The van der Waals surface area contributed by atoms with E-state index in [4.69, 9.17) is 16.1 Å². The standard InChI is InChI=1S/C27H28ClN3O4/c1-18-13-23(35-29-18)25(33)30-12-6-11-27(17-30)15-22(32)24(20-8-3-2-4-9-20)31(26(27)34)16-19-7-5-10-21(28)14-19/h2-5,7-10,13-14,22,24,32H,6,11-12,15-17H2,1H3/t22-,24+,27+/m1/s1. The van der Waals surface area contributed by atoms with E-state index in [1.165, 1.54) is 0 Å². The summed E-state index contributed by atoms with van der Waals surface area (Å²) >= 11 is 6.23. The number of carbonyl (C=O) groups is 2. The summed E-state index contributed by atoms with van der Waals surface area (Å²) in [6.45, 7) is 2.83. The van der Waals surface area contributed by atoms with Gasteiger partial charge in [-0.1, -0.05) is 59.2 Å². The Morgan fingerprint density at radius 3 is 2.71 bits per heavy atom. The first kappa shape index (κ1) is 23.6. The van der Waals surface area contributed by atoms with E-state index in [1.54, 1.807) is 28.9 Å². The molecule has 2 aliphatic heterocycles. The van der Waals surface area contributed by atoms with Crippen molar-refractivity contribution >= 4 is 23.4 Å². The smallest absolute Gasteiger partial charge is 0.292 e. The van der Waals surface area contributed by atoms with Gasteiger partial charge in [0.05, 0.1) is 23.3 Å². The first-order valence-electron chi connectivity index (χ1n) is 11.9. The highest BCUT2D eigenvalue weighted by Crippen LogP contribution is 2.46. The van der Waals surface area contributed by atoms with Crippen molar-refractivity contribution in [3.05, 3.63) is 88.3 Å². The maximum Gasteiger partial charge on any atom is 0.292 e. The first-order valence-corrected chi connectivity index (χ1v) is 12.3. The molecule has 182 valence electrons. The molecule has 0 unspecified atom stereocenters. The summed E-state index contributed by atoms with van der Waals surface area (Å²) in [5, 5.41) is 15.9. The largest absolute Gasteiger partial charge is 0.391 e. The Morgan fingerprint density at radius 2 is 2.00 bits per heavy atom. The van der Waals surface area contributed by atoms with Gasteiger partial charge in [0.25, 0.3) is 5.91 Å². The highest BCUT2D eigenvalue weighted by atomic mass is 35.5. The van der Waals surface area contributed by atoms with Gasteiger partial charge in [0.2, 0.25) is 11.7 Å². The lowest BCUT2D eigenvalue weighted by Crippen LogP contribution is -2.61. The summed E-state index contributed by atoms with van der Waals surface area (Å²) in [4.78, 5) is 30.8. The molecule has 0 saturated carbocycles. The highest BCUT2D eigenvalue weighted by molar-refractivity contribution is 6.30. The number of piperidine rings is 2. The van der Waals surface area contributed by atoms with Crippen LogP contribution in [0.25, 0.3) is 0 Å². The molecule has 7 nitrogen and oxygen atoms in total. The van der Waals surface area contributed by atoms with Crippen molar-refractivity contribution in [3.63, 3.8) is 0 Å². The van der Waals surface area contributed by atoms with Crippen molar-refractivity contribution in [3.8, 4) is 0 Å². The molecule has 3 heterocycles. The monoisotopic (exact) mass is 493 g/mol. The molecule has 0 radical (unpaired) electrons. The second-order valence-electron chi connectivity index (χ2n) is 9.63. The number of benzene rings is 2. The van der Waals surface area contributed by atoms with E-state index in [0.29, 0.717) is 36.6 Å². The van der Waals surface area contributed by atoms with Gasteiger partial charge in [0.15, 0.2) is 0 Å². The van der Waals surface area contributed by atoms with Gasteiger partial charge in [-0.15, -0.1) is 0 Å². The Morgan fingerprint density at radius 1 is 1.20 bits per heavy atom. The highest BCUT2D eigenvalue weighted by Gasteiger charge is 2.53. The molecule has 1 N–H and O–H groups in total. The second kappa shape index (κ2) is 9.47. The molecule has 2 fully saturated rings. The van der Waals surface area contributed by atoms with Crippen molar-refractivity contribution in [2.45, 2.75) is 44.9 Å². The minimum atomic E-state index is -0.869. The normalized spacial score (nSPS) is 24.7. The average molecular weight is 494 g/mol. The number of likely N-dealkylation sites (tertiary alicyclic amines) is 2. The SMILES string of the molecule is Cc1cc(C(=O)N2CCC[C@]3(C[C@@H](O)[C@H](c4ccccc4)N(Cc4cccc(Cl)c4)C3=O)C2)on1. The number of aromatic nitrogens is 1. The van der Waals surface area contributed by atoms with Crippen LogP contribution in [0, 0.1) is 12.3 Å². The van der Waals surface area contributed by atoms with Crippen LogP contribution in [-0.4, -0.2) is 51.1 Å². The summed E-state index contributed by atoms with van der Waals surface area (Å²) in [6.07, 6.45) is 0.779. The van der Waals surface area contributed by atoms with E-state index in [2.05, 4.69) is 5.16 Å². The number of aryl methyl sites for hydroxylation is 1. The lowest BCUT2D eigenvalue weighted by molar-refractivity contribution is -0.165. The van der Waals surface area contributed by atoms with Gasteiger partial charge in [0, 0.05) is 30.7 Å². The van der Waals surface area contributed by atoms with Crippen LogP contribution in [0.4, 0.5) is 0 Å². The maximum atomic E-state index is 14.2. The lowest BCUT2D eigenvalue weighted by atomic mass is 9.69. The third-order valence-electron chi connectivity index (χ3n) is 7.10. The number of hydrogen-bond donors (Lipinski definition) is 1. The summed E-state index contributed by atoms with van der Waals surface area (Å²) in [5.74, 6) is -0.164. The van der Waals surface area contributed by atoms with E-state index in [9.17, 15) is 14.7 Å². The van der Waals surface area contributed by atoms with Crippen molar-refractivity contribution in [2.24, 2.45) is 5.41 Å². The van der Waals surface area contributed by atoms with E-state index >= 15 is 0 Å². The van der Waals surface area contributed by atoms with Gasteiger partial charge in [-0.3, -0.25) is 9.59 Å². The third-order valence-corrected chi connectivity index (χ3v) is 7.34. The van der Waals surface area contributed by atoms with Crippen LogP contribution in [0.3, 0.4) is 0 Å². The Labute approximate surface area is 209 Å². The van der Waals surface area contributed by atoms with E-state index in [1.807, 2.05) is 48.5 Å². The molecule has 3 atom stereocenters. The molecule has 2 amide bonds. The molecule has 2 aliphatic rings. The summed E-state index contributed by atoms with van der Waals surface area (Å²) in [6, 6.07) is 18.2. The number of nitrogens with zero attached hydrogens (tertiary/aromatic N) is 3. The van der Waals surface area contributed by atoms with Gasteiger partial charge < -0.3 is 19.4 Å². The lowest BCUT2D eigenvalue weighted by Gasteiger charge is -2.51. The molecule has 5 rings (SSSR count). The third kappa shape index (κ3) is 4.58. The van der Waals surface area contributed by atoms with Gasteiger partial charge in [0.1, 0.15) is 0 Å². The van der Waals surface area contributed by atoms with Crippen LogP contribution < -0.4 is 0 Å². The maximum absolute atomic E-state index is 14.2. The fraction of sp³-hybridized carbons (Fsp3) is 0.370. The van der Waals surface area contributed by atoms with Crippen LogP contribution in [-0.2, 0) is 11.3 Å². The van der Waals surface area contributed by atoms with Crippen molar-refractivity contribution < 1.29 is 19.2 Å². The zero-order valence-corrected chi connectivity index (χ0v) is 20.3. The van der Waals surface area contributed by atoms with Crippen LogP contribution >= 0.6 is 11.6 Å². The van der Waals surface area contributed by atoms with Crippen molar-refractivity contribution in [2.75, 3.05) is 13.1 Å². The van der Waals surface area contributed by atoms with Gasteiger partial charge in [-0.05, 0) is 49.4 Å². The molecule has 35 heavy (non-hydrogen) atoms. The molecular weight excluding hydrogens is 466 g/mol. The summed E-state index contributed by atoms with van der Waals surface area (Å²) < 4.78 is 5.19. The Balaban J connectivity index is 1.48. The first-order chi connectivity index (χ1) is 16.9. The van der Waals surface area contributed by atoms with E-state index < -0.39 is 17.6 Å². The molecular formula is C27H28ClN3O4. The van der Waals surface area contributed by atoms with Crippen LogP contribution in [0.1, 0.15) is 52.7 Å². The average Bonchev–Trinajstić information content (AvgIpc) is 3.29. The van der Waals surface area contributed by atoms with Gasteiger partial charge >= 0.3 is 0 Å². The van der Waals surface area contributed by atoms with Crippen LogP contribution in [0.2, 0.25) is 5.02 Å². The number of carbonyl (C=O) groups excluding carboxylic acids is 2. The predicted molar refractivity (Wildman–Crippen MR) is 131 cm³/mol. The molecule has 1 aromatic heterocycles. The number of rotatable bonds is 4. The molecule has 8 heteroatoms. The van der Waals surface area contributed by atoms with Crippen molar-refractivity contribution in [1.82, 2.24) is 15.0 Å². The van der Waals surface area contributed by atoms with Crippen LogP contribution in [0.15, 0.2) is 65.2 Å². The summed E-state index contributed by atoms with van der Waals surface area (Å²) in [7, 11) is 0. The molecule has 0 aliphatic carbocycles. The van der Waals surface area contributed by atoms with E-state index in [-0.39, 0.29) is 30.5 Å². The molecule has 3 aromatic rings. The Kier molecular flexibility index (Phi) is 6.38. The quantitative estimate of drug-likeness (QED) is 0.582. The molecule has 2 aromatic carbocycles. The Bertz CT molecular complexity index is 1230. The Hall–Kier alpha value is -3.16. The number of amides is 2. The minimum absolute atomic E-state index is 0.0529. The number of hydrogen-bond acceptors (Lipinski definition) is 5. The van der Waals surface area contributed by atoms with Crippen molar-refractivity contribution in [1.29, 1.82) is 0 Å².